The van der Waals surface area contributed by atoms with Crippen molar-refractivity contribution in [3.05, 3.63) is 69.7 Å². The minimum atomic E-state index is -0.659. The van der Waals surface area contributed by atoms with Gasteiger partial charge in [0.15, 0.2) is 0 Å². The Morgan fingerprint density at radius 1 is 0.781 bits per heavy atom. The Hall–Kier alpha value is -3.79. The molecular weight excluding hydrogens is 438 g/mol. The van der Waals surface area contributed by atoms with E-state index in [1.165, 1.54) is 42.5 Å². The molecule has 5 rings (SSSR count). The van der Waals surface area contributed by atoms with Crippen molar-refractivity contribution in [2.24, 2.45) is 0 Å². The number of hydrogen-bond donors (Lipinski definition) is 3. The molecule has 3 aromatic rings. The SMILES string of the molecule is O=C1c2ccc3c4c(ccc(c24)C(=O)N1NCCO)C(=O)N(c1ccc(Cl)c(O)c1)C3=O. The summed E-state index contributed by atoms with van der Waals surface area (Å²) in [4.78, 5) is 53.3. The van der Waals surface area contributed by atoms with E-state index in [0.29, 0.717) is 0 Å². The molecule has 2 heterocycles. The van der Waals surface area contributed by atoms with Crippen LogP contribution < -0.4 is 10.3 Å². The van der Waals surface area contributed by atoms with Gasteiger partial charge in [0, 0.05) is 34.5 Å². The number of aromatic hydroxyl groups is 1. The molecular formula is C22H14ClN3O6. The zero-order chi connectivity index (χ0) is 22.7. The van der Waals surface area contributed by atoms with Crippen LogP contribution in [0.5, 0.6) is 5.75 Å². The molecule has 0 bridgehead atoms. The third kappa shape index (κ3) is 2.65. The van der Waals surface area contributed by atoms with Crippen molar-refractivity contribution in [2.45, 2.75) is 0 Å². The first-order valence-electron chi connectivity index (χ1n) is 9.55. The molecule has 0 spiro atoms. The number of imide groups is 2. The van der Waals surface area contributed by atoms with Gasteiger partial charge in [-0.2, -0.15) is 0 Å². The fourth-order valence-electron chi connectivity index (χ4n) is 4.05. The van der Waals surface area contributed by atoms with Gasteiger partial charge in [0.2, 0.25) is 0 Å². The highest BCUT2D eigenvalue weighted by Gasteiger charge is 2.40. The Bertz CT molecular complexity index is 1320. The molecule has 0 saturated heterocycles. The summed E-state index contributed by atoms with van der Waals surface area (Å²) in [5, 5.41) is 20.3. The Balaban J connectivity index is 1.71. The largest absolute Gasteiger partial charge is 0.506 e. The normalized spacial score (nSPS) is 15.2. The van der Waals surface area contributed by atoms with E-state index in [2.05, 4.69) is 5.43 Å². The summed E-state index contributed by atoms with van der Waals surface area (Å²) < 4.78 is 0. The number of aliphatic hydroxyl groups is 1. The van der Waals surface area contributed by atoms with Crippen molar-refractivity contribution in [1.82, 2.24) is 10.4 Å². The Kier molecular flexibility index (Phi) is 4.48. The summed E-state index contributed by atoms with van der Waals surface area (Å²) in [6.07, 6.45) is 0. The molecule has 3 aromatic carbocycles. The highest BCUT2D eigenvalue weighted by atomic mass is 35.5. The van der Waals surface area contributed by atoms with Gasteiger partial charge in [-0.05, 0) is 36.4 Å². The van der Waals surface area contributed by atoms with Crippen LogP contribution >= 0.6 is 11.6 Å². The van der Waals surface area contributed by atoms with E-state index in [-0.39, 0.29) is 62.6 Å². The summed E-state index contributed by atoms with van der Waals surface area (Å²) >= 11 is 5.84. The lowest BCUT2D eigenvalue weighted by Crippen LogP contribution is -2.50. The van der Waals surface area contributed by atoms with E-state index in [4.69, 9.17) is 16.7 Å². The topological polar surface area (TPSA) is 127 Å². The number of anilines is 1. The number of hydrogen-bond acceptors (Lipinski definition) is 7. The van der Waals surface area contributed by atoms with Crippen molar-refractivity contribution in [1.29, 1.82) is 0 Å². The molecule has 0 aromatic heterocycles. The summed E-state index contributed by atoms with van der Waals surface area (Å²) in [7, 11) is 0. The van der Waals surface area contributed by atoms with Crippen LogP contribution in [0.3, 0.4) is 0 Å². The molecule has 9 nitrogen and oxygen atoms in total. The lowest BCUT2D eigenvalue weighted by molar-refractivity contribution is 0.0508. The number of benzene rings is 3. The second-order valence-corrected chi connectivity index (χ2v) is 7.64. The van der Waals surface area contributed by atoms with Crippen molar-refractivity contribution < 1.29 is 29.4 Å². The molecule has 3 N–H and O–H groups in total. The number of carbonyl (C=O) groups is 4. The molecule has 2 aliphatic heterocycles. The van der Waals surface area contributed by atoms with Crippen LogP contribution in [0.1, 0.15) is 41.4 Å². The second-order valence-electron chi connectivity index (χ2n) is 7.23. The fraction of sp³-hybridized carbons (Fsp3) is 0.0909. The highest BCUT2D eigenvalue weighted by molar-refractivity contribution is 6.39. The average molecular weight is 452 g/mol. The second kappa shape index (κ2) is 7.13. The first-order valence-corrected chi connectivity index (χ1v) is 9.93. The van der Waals surface area contributed by atoms with E-state index in [0.717, 1.165) is 9.91 Å². The third-order valence-corrected chi connectivity index (χ3v) is 5.78. The molecule has 0 fully saturated rings. The quantitative estimate of drug-likeness (QED) is 0.518. The molecule has 0 unspecified atom stereocenters. The van der Waals surface area contributed by atoms with Gasteiger partial charge in [0.1, 0.15) is 5.75 Å². The van der Waals surface area contributed by atoms with Gasteiger partial charge in [-0.1, -0.05) is 11.6 Å². The van der Waals surface area contributed by atoms with E-state index in [1.807, 2.05) is 0 Å². The number of nitrogens with one attached hydrogen (secondary N) is 1. The minimum Gasteiger partial charge on any atom is -0.506 e. The number of carbonyl (C=O) groups excluding carboxylic acids is 4. The molecule has 10 heteroatoms. The Morgan fingerprint density at radius 3 is 1.75 bits per heavy atom. The van der Waals surface area contributed by atoms with Crippen LogP contribution in [0.15, 0.2) is 42.5 Å². The van der Waals surface area contributed by atoms with Gasteiger partial charge in [0.25, 0.3) is 23.6 Å². The summed E-state index contributed by atoms with van der Waals surface area (Å²) in [5.74, 6) is -2.90. The first-order chi connectivity index (χ1) is 15.3. The molecule has 0 aliphatic carbocycles. The molecule has 2 aliphatic rings. The molecule has 160 valence electrons. The van der Waals surface area contributed by atoms with Gasteiger partial charge >= 0.3 is 0 Å². The zero-order valence-electron chi connectivity index (χ0n) is 16.3. The molecule has 4 amide bonds. The van der Waals surface area contributed by atoms with Gasteiger partial charge in [-0.3, -0.25) is 19.2 Å². The van der Waals surface area contributed by atoms with Crippen LogP contribution in [-0.4, -0.2) is 52.0 Å². The number of halogens is 1. The maximum Gasteiger partial charge on any atom is 0.275 e. The van der Waals surface area contributed by atoms with Gasteiger partial charge in [0.05, 0.1) is 28.4 Å². The Morgan fingerprint density at radius 2 is 1.28 bits per heavy atom. The number of aliphatic hydroxyl groups excluding tert-OH is 1. The van der Waals surface area contributed by atoms with E-state index < -0.39 is 23.6 Å². The monoisotopic (exact) mass is 451 g/mol. The molecule has 32 heavy (non-hydrogen) atoms. The highest BCUT2D eigenvalue weighted by Crippen LogP contribution is 2.39. The lowest BCUT2D eigenvalue weighted by atomic mass is 9.86. The van der Waals surface area contributed by atoms with Crippen molar-refractivity contribution in [3.63, 3.8) is 0 Å². The van der Waals surface area contributed by atoms with E-state index >= 15 is 0 Å². The number of nitrogens with zero attached hydrogens (tertiary/aromatic N) is 2. The van der Waals surface area contributed by atoms with Crippen LogP contribution in [0.4, 0.5) is 5.69 Å². The molecule has 0 saturated carbocycles. The maximum absolute atomic E-state index is 13.3. The lowest BCUT2D eigenvalue weighted by Gasteiger charge is -2.31. The predicted molar refractivity (Wildman–Crippen MR) is 114 cm³/mol. The van der Waals surface area contributed by atoms with Crippen LogP contribution in [0, 0.1) is 0 Å². The first kappa shape index (κ1) is 20.1. The predicted octanol–water partition coefficient (Wildman–Crippen LogP) is 2.09. The van der Waals surface area contributed by atoms with Crippen LogP contribution in [0.25, 0.3) is 10.8 Å². The number of phenols is 1. The Labute approximate surface area is 185 Å². The molecule has 0 radical (unpaired) electrons. The van der Waals surface area contributed by atoms with Crippen molar-refractivity contribution >= 4 is 51.7 Å². The number of amides is 4. The number of phenolic OH excluding ortho intramolecular Hbond substituents is 1. The molecule has 0 atom stereocenters. The van der Waals surface area contributed by atoms with Gasteiger partial charge < -0.3 is 10.2 Å². The van der Waals surface area contributed by atoms with E-state index in [1.54, 1.807) is 0 Å². The standard InChI is InChI=1S/C22H14ClN3O6/c23-15-6-1-10(9-16(15)28)25-19(29)11-2-4-13-18-14(5-3-12(17(11)18)20(25)30)22(32)26(21(13)31)24-7-8-27/h1-6,9,24,27-28H,7-8H2. The zero-order valence-corrected chi connectivity index (χ0v) is 17.0. The maximum atomic E-state index is 13.3. The van der Waals surface area contributed by atoms with Crippen molar-refractivity contribution in [2.75, 3.05) is 18.1 Å². The van der Waals surface area contributed by atoms with Crippen molar-refractivity contribution in [3.8, 4) is 5.75 Å². The average Bonchev–Trinajstić information content (AvgIpc) is 2.78. The number of hydrazine groups is 1. The third-order valence-electron chi connectivity index (χ3n) is 5.46. The van der Waals surface area contributed by atoms with Crippen LogP contribution in [0.2, 0.25) is 5.02 Å². The van der Waals surface area contributed by atoms with Gasteiger partial charge in [-0.25, -0.2) is 15.3 Å². The van der Waals surface area contributed by atoms with Gasteiger partial charge in [-0.15, -0.1) is 0 Å². The summed E-state index contributed by atoms with van der Waals surface area (Å²) in [5.41, 5.74) is 3.31. The fourth-order valence-corrected chi connectivity index (χ4v) is 4.17. The minimum absolute atomic E-state index is 0.00794. The summed E-state index contributed by atoms with van der Waals surface area (Å²) in [6, 6.07) is 9.74. The number of rotatable bonds is 4. The summed E-state index contributed by atoms with van der Waals surface area (Å²) in [6.45, 7) is -0.289. The van der Waals surface area contributed by atoms with E-state index in [9.17, 15) is 24.3 Å². The van der Waals surface area contributed by atoms with Crippen LogP contribution in [-0.2, 0) is 0 Å². The smallest absolute Gasteiger partial charge is 0.275 e.